The highest BCUT2D eigenvalue weighted by Gasteiger charge is 2.07. The fourth-order valence-corrected chi connectivity index (χ4v) is 2.34. The third-order valence-electron chi connectivity index (χ3n) is 2.00. The summed E-state index contributed by atoms with van der Waals surface area (Å²) in [6, 6.07) is 6.71. The minimum Gasteiger partial charge on any atom is -0.207 e. The Morgan fingerprint density at radius 3 is 2.92 bits per heavy atom. The van der Waals surface area contributed by atoms with Crippen molar-refractivity contribution < 1.29 is 4.39 Å². The van der Waals surface area contributed by atoms with Crippen LogP contribution in [0.15, 0.2) is 18.2 Å². The molecule has 1 aromatic carbocycles. The van der Waals surface area contributed by atoms with Crippen LogP contribution in [0.2, 0.25) is 0 Å². The maximum absolute atomic E-state index is 12.8. The molecule has 2 rings (SSSR count). The van der Waals surface area contributed by atoms with E-state index in [1.165, 1.54) is 23.5 Å². The van der Waals surface area contributed by atoms with Gasteiger partial charge in [0.05, 0.1) is 0 Å². The van der Waals surface area contributed by atoms with E-state index in [0.29, 0.717) is 4.88 Å². The summed E-state index contributed by atoms with van der Waals surface area (Å²) in [4.78, 5) is 0.667. The number of nitrogens with zero attached hydrogens (tertiary/aromatic N) is 1. The molecule has 0 amide bonds. The van der Waals surface area contributed by atoms with Crippen LogP contribution in [0.3, 0.4) is 0 Å². The normalized spacial score (nSPS) is 10.2. The van der Waals surface area contributed by atoms with Gasteiger partial charge in [-0.2, -0.15) is 5.26 Å². The zero-order valence-corrected chi connectivity index (χ0v) is 7.78. The van der Waals surface area contributed by atoms with Crippen LogP contribution < -0.4 is 0 Å². The molecular formula is C10H6FNS. The van der Waals surface area contributed by atoms with E-state index in [-0.39, 0.29) is 5.82 Å². The first-order chi connectivity index (χ1) is 6.22. The molecule has 0 bridgehead atoms. The molecule has 1 aromatic heterocycles. The minimum absolute atomic E-state index is 0.252. The van der Waals surface area contributed by atoms with Crippen molar-refractivity contribution >= 4 is 21.4 Å². The van der Waals surface area contributed by atoms with Gasteiger partial charge < -0.3 is 0 Å². The molecule has 0 radical (unpaired) electrons. The quantitative estimate of drug-likeness (QED) is 0.627. The lowest BCUT2D eigenvalue weighted by molar-refractivity contribution is 0.630. The molecular weight excluding hydrogens is 185 g/mol. The Morgan fingerprint density at radius 1 is 1.46 bits per heavy atom. The van der Waals surface area contributed by atoms with E-state index in [4.69, 9.17) is 5.26 Å². The number of aryl methyl sites for hydroxylation is 1. The number of thiophene rings is 1. The van der Waals surface area contributed by atoms with Crippen LogP contribution in [0.25, 0.3) is 10.1 Å². The molecule has 0 atom stereocenters. The van der Waals surface area contributed by atoms with Gasteiger partial charge in [0.25, 0.3) is 0 Å². The highest BCUT2D eigenvalue weighted by molar-refractivity contribution is 7.19. The predicted molar refractivity (Wildman–Crippen MR) is 51.2 cm³/mol. The fraction of sp³-hybridized carbons (Fsp3) is 0.100. The zero-order chi connectivity index (χ0) is 9.42. The van der Waals surface area contributed by atoms with Gasteiger partial charge in [0.15, 0.2) is 0 Å². The average Bonchev–Trinajstić information content (AvgIpc) is 2.42. The third-order valence-corrected chi connectivity index (χ3v) is 3.16. The third kappa shape index (κ3) is 1.20. The van der Waals surface area contributed by atoms with Crippen molar-refractivity contribution in [2.45, 2.75) is 6.92 Å². The van der Waals surface area contributed by atoms with Crippen molar-refractivity contribution in [2.75, 3.05) is 0 Å². The van der Waals surface area contributed by atoms with Gasteiger partial charge in [-0.25, -0.2) is 4.39 Å². The smallest absolute Gasteiger partial charge is 0.124 e. The van der Waals surface area contributed by atoms with E-state index in [9.17, 15) is 4.39 Å². The Labute approximate surface area is 79.0 Å². The van der Waals surface area contributed by atoms with Crippen molar-refractivity contribution in [2.24, 2.45) is 0 Å². The molecule has 2 aromatic rings. The van der Waals surface area contributed by atoms with Gasteiger partial charge in [-0.1, -0.05) is 6.07 Å². The lowest BCUT2D eigenvalue weighted by Crippen LogP contribution is -1.73. The summed E-state index contributed by atoms with van der Waals surface area (Å²) >= 11 is 1.34. The topological polar surface area (TPSA) is 23.8 Å². The first-order valence-corrected chi connectivity index (χ1v) is 4.63. The minimum atomic E-state index is -0.252. The molecule has 0 saturated carbocycles. The number of nitriles is 1. The molecule has 1 nitrogen and oxygen atoms in total. The Bertz CT molecular complexity index is 507. The Morgan fingerprint density at radius 2 is 2.23 bits per heavy atom. The molecule has 0 aliphatic rings. The van der Waals surface area contributed by atoms with Crippen molar-refractivity contribution in [1.29, 1.82) is 5.26 Å². The van der Waals surface area contributed by atoms with Gasteiger partial charge in [0.2, 0.25) is 0 Å². The van der Waals surface area contributed by atoms with E-state index < -0.39 is 0 Å². The highest BCUT2D eigenvalue weighted by Crippen LogP contribution is 2.30. The fourth-order valence-electron chi connectivity index (χ4n) is 1.31. The summed E-state index contributed by atoms with van der Waals surface area (Å²) in [5, 5.41) is 9.73. The second-order valence-electron chi connectivity index (χ2n) is 2.81. The SMILES string of the molecule is Cc1c(C#N)sc2cc(F)ccc12. The number of fused-ring (bicyclic) bond motifs is 1. The molecule has 1 heterocycles. The number of benzene rings is 1. The van der Waals surface area contributed by atoms with E-state index in [2.05, 4.69) is 6.07 Å². The van der Waals surface area contributed by atoms with Crippen LogP contribution in [-0.4, -0.2) is 0 Å². The van der Waals surface area contributed by atoms with E-state index in [1.54, 1.807) is 6.07 Å². The number of rotatable bonds is 0. The first-order valence-electron chi connectivity index (χ1n) is 3.81. The molecule has 0 unspecified atom stereocenters. The maximum Gasteiger partial charge on any atom is 0.124 e. The Balaban J connectivity index is 2.86. The summed E-state index contributed by atoms with van der Waals surface area (Å²) in [6.07, 6.45) is 0. The zero-order valence-electron chi connectivity index (χ0n) is 6.97. The van der Waals surface area contributed by atoms with E-state index in [1.807, 2.05) is 6.92 Å². The van der Waals surface area contributed by atoms with Crippen molar-refractivity contribution in [1.82, 2.24) is 0 Å². The molecule has 3 heteroatoms. The second-order valence-corrected chi connectivity index (χ2v) is 3.86. The lowest BCUT2D eigenvalue weighted by Gasteiger charge is -1.90. The van der Waals surface area contributed by atoms with Crippen LogP contribution in [-0.2, 0) is 0 Å². The van der Waals surface area contributed by atoms with Crippen molar-refractivity contribution in [3.63, 3.8) is 0 Å². The summed E-state index contributed by atoms with van der Waals surface area (Å²) in [5.74, 6) is -0.252. The van der Waals surface area contributed by atoms with Crippen molar-refractivity contribution in [3.05, 3.63) is 34.5 Å². The Hall–Kier alpha value is -1.40. The van der Waals surface area contributed by atoms with E-state index in [0.717, 1.165) is 15.6 Å². The van der Waals surface area contributed by atoms with Gasteiger partial charge in [0.1, 0.15) is 16.8 Å². The predicted octanol–water partition coefficient (Wildman–Crippen LogP) is 3.22. The summed E-state index contributed by atoms with van der Waals surface area (Å²) in [6.45, 7) is 1.88. The van der Waals surface area contributed by atoms with Crippen LogP contribution in [0, 0.1) is 24.1 Å². The number of hydrogen-bond donors (Lipinski definition) is 0. The van der Waals surface area contributed by atoms with Crippen LogP contribution >= 0.6 is 11.3 Å². The molecule has 13 heavy (non-hydrogen) atoms. The van der Waals surface area contributed by atoms with Gasteiger partial charge in [-0.05, 0) is 30.0 Å². The Kier molecular flexibility index (Phi) is 1.78. The number of halogens is 1. The molecule has 0 aliphatic heterocycles. The van der Waals surface area contributed by atoms with Crippen LogP contribution in [0.1, 0.15) is 10.4 Å². The largest absolute Gasteiger partial charge is 0.207 e. The summed E-state index contributed by atoms with van der Waals surface area (Å²) < 4.78 is 13.6. The monoisotopic (exact) mass is 191 g/mol. The van der Waals surface area contributed by atoms with Crippen LogP contribution in [0.5, 0.6) is 0 Å². The molecule has 0 saturated heterocycles. The molecule has 64 valence electrons. The van der Waals surface area contributed by atoms with Crippen molar-refractivity contribution in [3.8, 4) is 6.07 Å². The van der Waals surface area contributed by atoms with Gasteiger partial charge in [-0.3, -0.25) is 0 Å². The maximum atomic E-state index is 12.8. The molecule has 0 N–H and O–H groups in total. The lowest BCUT2D eigenvalue weighted by atomic mass is 10.1. The van der Waals surface area contributed by atoms with Crippen LogP contribution in [0.4, 0.5) is 4.39 Å². The highest BCUT2D eigenvalue weighted by atomic mass is 32.1. The van der Waals surface area contributed by atoms with Gasteiger partial charge >= 0.3 is 0 Å². The molecule has 0 fully saturated rings. The second kappa shape index (κ2) is 2.82. The standard InChI is InChI=1S/C10H6FNS/c1-6-8-3-2-7(11)4-9(8)13-10(6)5-12/h2-4H,1H3. The van der Waals surface area contributed by atoms with Gasteiger partial charge in [-0.15, -0.1) is 11.3 Å². The molecule has 0 aliphatic carbocycles. The number of hydrogen-bond acceptors (Lipinski definition) is 2. The van der Waals surface area contributed by atoms with E-state index >= 15 is 0 Å². The summed E-state index contributed by atoms with van der Waals surface area (Å²) in [5.41, 5.74) is 0.947. The molecule has 0 spiro atoms. The first kappa shape index (κ1) is 8.21. The summed E-state index contributed by atoms with van der Waals surface area (Å²) in [7, 11) is 0. The van der Waals surface area contributed by atoms with Gasteiger partial charge in [0, 0.05) is 4.70 Å². The average molecular weight is 191 g/mol.